The monoisotopic (exact) mass is 472 g/mol. The first-order valence-corrected chi connectivity index (χ1v) is 12.1. The number of rotatable bonds is 0. The number of benzene rings is 1. The zero-order valence-electron chi connectivity index (χ0n) is 20.4. The summed E-state index contributed by atoms with van der Waals surface area (Å²) in [7, 11) is 3.93. The molecule has 8 bridgehead atoms. The molecule has 9 nitrogen and oxygen atoms in total. The van der Waals surface area contributed by atoms with E-state index in [9.17, 15) is 4.79 Å². The molecule has 2 amide bonds. The number of carbonyl (C=O) groups is 1. The third kappa shape index (κ3) is 5.51. The molecule has 182 valence electrons. The van der Waals surface area contributed by atoms with E-state index in [1.807, 2.05) is 60.4 Å². The highest BCUT2D eigenvalue weighted by molar-refractivity contribution is 5.74. The Balaban J connectivity index is 1.41. The number of nitrogens with one attached hydrogen (secondary N) is 1. The van der Waals surface area contributed by atoms with Gasteiger partial charge < -0.3 is 20.0 Å². The van der Waals surface area contributed by atoms with E-state index in [0.717, 1.165) is 68.5 Å². The van der Waals surface area contributed by atoms with Crippen LogP contribution >= 0.6 is 0 Å². The summed E-state index contributed by atoms with van der Waals surface area (Å²) in [5.74, 6) is 1.45. The molecule has 8 rings (SSSR count). The fourth-order valence-electron chi connectivity index (χ4n) is 4.57. The van der Waals surface area contributed by atoms with E-state index in [4.69, 9.17) is 4.98 Å². The molecule has 1 aromatic carbocycles. The van der Waals surface area contributed by atoms with E-state index in [0.29, 0.717) is 12.5 Å². The van der Waals surface area contributed by atoms with Gasteiger partial charge in [0.1, 0.15) is 5.82 Å². The second-order valence-corrected chi connectivity index (χ2v) is 9.24. The van der Waals surface area contributed by atoms with Crippen molar-refractivity contribution in [3.63, 3.8) is 0 Å². The van der Waals surface area contributed by atoms with E-state index >= 15 is 0 Å². The van der Waals surface area contributed by atoms with Crippen LogP contribution in [0.25, 0.3) is 11.3 Å². The molecular weight excluding hydrogens is 440 g/mol. The van der Waals surface area contributed by atoms with Crippen LogP contribution in [0.5, 0.6) is 0 Å². The minimum atomic E-state index is 0.115. The number of nitrogens with zero attached hydrogens (tertiary/aromatic N) is 7. The average molecular weight is 473 g/mol. The molecule has 1 saturated heterocycles. The van der Waals surface area contributed by atoms with Crippen molar-refractivity contribution in [3.05, 3.63) is 60.4 Å². The summed E-state index contributed by atoms with van der Waals surface area (Å²) < 4.78 is 0. The smallest absolute Gasteiger partial charge is 0.319 e. The van der Waals surface area contributed by atoms with Crippen LogP contribution in [0.4, 0.5) is 22.2 Å². The lowest BCUT2D eigenvalue weighted by Crippen LogP contribution is -2.52. The van der Waals surface area contributed by atoms with E-state index in [1.54, 1.807) is 6.20 Å². The van der Waals surface area contributed by atoms with Crippen molar-refractivity contribution in [3.8, 4) is 11.3 Å². The van der Waals surface area contributed by atoms with E-state index in [-0.39, 0.29) is 6.03 Å². The molecule has 1 N–H and O–H groups in total. The van der Waals surface area contributed by atoms with Crippen LogP contribution in [0.3, 0.4) is 0 Å². The van der Waals surface area contributed by atoms with Gasteiger partial charge in [-0.05, 0) is 42.3 Å². The Morgan fingerprint density at radius 3 is 2.51 bits per heavy atom. The number of hydrogen-bond donors (Lipinski definition) is 1. The lowest BCUT2D eigenvalue weighted by atomic mass is 10.1. The van der Waals surface area contributed by atoms with E-state index in [1.165, 1.54) is 5.56 Å². The van der Waals surface area contributed by atoms with Crippen LogP contribution in [0.15, 0.2) is 54.9 Å². The molecule has 0 saturated carbocycles. The molecule has 5 aliphatic heterocycles. The molecular formula is C26H32N8O. The van der Waals surface area contributed by atoms with Gasteiger partial charge in [0.2, 0.25) is 5.95 Å². The van der Waals surface area contributed by atoms with Crippen molar-refractivity contribution < 1.29 is 4.79 Å². The van der Waals surface area contributed by atoms with Gasteiger partial charge in [-0.15, -0.1) is 0 Å². The Morgan fingerprint density at radius 2 is 1.71 bits per heavy atom. The summed E-state index contributed by atoms with van der Waals surface area (Å²) in [6.07, 6.45) is 4.49. The Bertz CT molecular complexity index is 1160. The van der Waals surface area contributed by atoms with Gasteiger partial charge in [0.15, 0.2) is 0 Å². The zero-order chi connectivity index (χ0) is 24.2. The number of aromatic nitrogens is 3. The predicted molar refractivity (Wildman–Crippen MR) is 138 cm³/mol. The van der Waals surface area contributed by atoms with Crippen LogP contribution in [-0.2, 0) is 6.54 Å². The summed E-state index contributed by atoms with van der Waals surface area (Å²) >= 11 is 0. The SMILES string of the molecule is CN1CCCN(C)c2ccc(cn2)-c2ccnc(n2)Nc2cccc(c2)CN2CCN(CC2)C1=O. The Morgan fingerprint density at radius 1 is 0.886 bits per heavy atom. The first-order valence-electron chi connectivity index (χ1n) is 12.1. The quantitative estimate of drug-likeness (QED) is 0.538. The van der Waals surface area contributed by atoms with Crippen molar-refractivity contribution in [2.75, 3.05) is 63.6 Å². The molecule has 5 aliphatic rings. The molecule has 7 heterocycles. The first kappa shape index (κ1) is 23.0. The molecule has 3 aromatic rings. The first-order chi connectivity index (χ1) is 17.0. The Kier molecular flexibility index (Phi) is 6.76. The van der Waals surface area contributed by atoms with Gasteiger partial charge in [-0.1, -0.05) is 12.1 Å². The molecule has 0 radical (unpaired) electrons. The summed E-state index contributed by atoms with van der Waals surface area (Å²) in [5.41, 5.74) is 3.92. The highest BCUT2D eigenvalue weighted by Crippen LogP contribution is 2.22. The van der Waals surface area contributed by atoms with Gasteiger partial charge >= 0.3 is 6.03 Å². The van der Waals surface area contributed by atoms with Crippen LogP contribution in [0, 0.1) is 0 Å². The summed E-state index contributed by atoms with van der Waals surface area (Å²) in [6.45, 7) is 5.61. The van der Waals surface area contributed by atoms with Crippen LogP contribution in [-0.4, -0.2) is 89.0 Å². The number of amides is 2. The molecule has 35 heavy (non-hydrogen) atoms. The van der Waals surface area contributed by atoms with Gasteiger partial charge in [0, 0.05) is 83.6 Å². The van der Waals surface area contributed by atoms with Crippen molar-refractivity contribution in [1.29, 1.82) is 0 Å². The normalized spacial score (nSPS) is 17.7. The molecule has 9 heteroatoms. The van der Waals surface area contributed by atoms with Crippen LogP contribution < -0.4 is 10.2 Å². The summed E-state index contributed by atoms with van der Waals surface area (Å²) in [4.78, 5) is 35.0. The fourth-order valence-corrected chi connectivity index (χ4v) is 4.57. The molecule has 1 fully saturated rings. The Hall–Kier alpha value is -3.72. The molecule has 0 unspecified atom stereocenters. The lowest BCUT2D eigenvalue weighted by molar-refractivity contribution is 0.115. The number of pyridine rings is 1. The second kappa shape index (κ2) is 10.3. The number of urea groups is 1. The summed E-state index contributed by atoms with van der Waals surface area (Å²) in [6, 6.07) is 14.4. The number of anilines is 3. The third-order valence-corrected chi connectivity index (χ3v) is 6.64. The van der Waals surface area contributed by atoms with Gasteiger partial charge in [0.25, 0.3) is 0 Å². The predicted octanol–water partition coefficient (Wildman–Crippen LogP) is 3.29. The highest BCUT2D eigenvalue weighted by atomic mass is 16.2. The van der Waals surface area contributed by atoms with Crippen LogP contribution in [0.2, 0.25) is 0 Å². The fraction of sp³-hybridized carbons (Fsp3) is 0.385. The van der Waals surface area contributed by atoms with Crippen LogP contribution in [0.1, 0.15) is 12.0 Å². The average Bonchev–Trinajstić information content (AvgIpc) is 2.88. The number of hydrogen-bond acceptors (Lipinski definition) is 7. The van der Waals surface area contributed by atoms with Crippen molar-refractivity contribution in [1.82, 2.24) is 29.7 Å². The highest BCUT2D eigenvalue weighted by Gasteiger charge is 2.23. The van der Waals surface area contributed by atoms with Gasteiger partial charge in [-0.25, -0.2) is 19.7 Å². The maximum atomic E-state index is 12.9. The van der Waals surface area contributed by atoms with Gasteiger partial charge in [-0.3, -0.25) is 4.90 Å². The molecule has 0 spiro atoms. The third-order valence-electron chi connectivity index (χ3n) is 6.64. The minimum Gasteiger partial charge on any atom is -0.360 e. The van der Waals surface area contributed by atoms with Crippen molar-refractivity contribution in [2.45, 2.75) is 13.0 Å². The zero-order valence-corrected chi connectivity index (χ0v) is 20.4. The standard InChI is InChI=1S/C26H32N8O/c1-31-11-4-12-32(2)26(35)34-15-13-33(14-16-34)19-20-5-3-6-22(17-20)29-25-27-10-9-23(30-25)21-7-8-24(31)28-18-21/h3,5-10,17-18H,4,11-16,19H2,1-2H3,(H,27,29,30). The van der Waals surface area contributed by atoms with E-state index < -0.39 is 0 Å². The molecule has 2 aromatic heterocycles. The maximum absolute atomic E-state index is 12.9. The second-order valence-electron chi connectivity index (χ2n) is 9.24. The largest absolute Gasteiger partial charge is 0.360 e. The number of piperazine rings is 1. The van der Waals surface area contributed by atoms with E-state index in [2.05, 4.69) is 37.2 Å². The Labute approximate surface area is 206 Å². The topological polar surface area (TPSA) is 80.7 Å². The molecule has 0 atom stereocenters. The lowest BCUT2D eigenvalue weighted by Gasteiger charge is -2.36. The number of carbonyl (C=O) groups excluding carboxylic acids is 1. The molecule has 0 aliphatic carbocycles. The van der Waals surface area contributed by atoms with Crippen molar-refractivity contribution in [2.24, 2.45) is 0 Å². The summed E-state index contributed by atoms with van der Waals surface area (Å²) in [5, 5.41) is 3.34. The maximum Gasteiger partial charge on any atom is 0.319 e. The minimum absolute atomic E-state index is 0.115. The van der Waals surface area contributed by atoms with Crippen molar-refractivity contribution >= 4 is 23.5 Å². The van der Waals surface area contributed by atoms with Gasteiger partial charge in [-0.2, -0.15) is 0 Å². The van der Waals surface area contributed by atoms with Gasteiger partial charge in [0.05, 0.1) is 5.69 Å².